The predicted molar refractivity (Wildman–Crippen MR) is 113 cm³/mol. The van der Waals surface area contributed by atoms with Gasteiger partial charge in [-0.25, -0.2) is 0 Å². The molecule has 0 spiro atoms. The highest BCUT2D eigenvalue weighted by Gasteiger charge is 2.34. The number of rotatable bonds is 6. The molecule has 2 aromatic rings. The molecular weight excluding hydrogens is 382 g/mol. The van der Waals surface area contributed by atoms with E-state index in [2.05, 4.69) is 9.89 Å². The number of nitrogens with zero attached hydrogens (tertiary/aromatic N) is 3. The second kappa shape index (κ2) is 9.28. The third-order valence-corrected chi connectivity index (χ3v) is 5.62. The van der Waals surface area contributed by atoms with Crippen LogP contribution in [0.25, 0.3) is 0 Å². The Hall–Kier alpha value is -2.90. The lowest BCUT2D eigenvalue weighted by Gasteiger charge is -2.35. The van der Waals surface area contributed by atoms with Gasteiger partial charge in [-0.05, 0) is 24.1 Å². The molecule has 1 amide bonds. The Kier molecular flexibility index (Phi) is 6.30. The smallest absolute Gasteiger partial charge is 0.296 e. The van der Waals surface area contributed by atoms with Crippen LogP contribution in [0.1, 0.15) is 29.8 Å². The number of amides is 1. The number of carbonyl (C=O) groups is 1. The molecule has 0 saturated carbocycles. The van der Waals surface area contributed by atoms with Crippen LogP contribution in [-0.4, -0.2) is 66.7 Å². The maximum atomic E-state index is 12.3. The minimum atomic E-state index is -0.640. The number of amidine groups is 1. The fraction of sp³-hybridized carbons (Fsp3) is 0.391. The molecule has 158 valence electrons. The molecule has 1 saturated heterocycles. The minimum absolute atomic E-state index is 0.249. The molecule has 0 aromatic heterocycles. The highest BCUT2D eigenvalue weighted by molar-refractivity contribution is 5.99. The Morgan fingerprint density at radius 1 is 1.10 bits per heavy atom. The zero-order valence-electron chi connectivity index (χ0n) is 17.1. The minimum Gasteiger partial charge on any atom is -0.497 e. The number of ether oxygens (including phenoxy) is 2. The van der Waals surface area contributed by atoms with E-state index in [1.807, 2.05) is 59.5 Å². The Morgan fingerprint density at radius 3 is 2.47 bits per heavy atom. The standard InChI is InChI=1S/C23H27N3O4/c1-29-19-9-7-17(8-10-19)20(27)11-12-25-13-15-26(16-14-25)23-24-22(28)21(30-23)18-5-3-2-4-6-18/h2-10,20-21,27H,11-16H2,1H3. The van der Waals surface area contributed by atoms with Crippen molar-refractivity contribution in [3.63, 3.8) is 0 Å². The van der Waals surface area contributed by atoms with Crippen LogP contribution in [0.15, 0.2) is 59.6 Å². The van der Waals surface area contributed by atoms with Gasteiger partial charge in [-0.3, -0.25) is 9.69 Å². The highest BCUT2D eigenvalue weighted by Crippen LogP contribution is 2.26. The topological polar surface area (TPSA) is 74.6 Å². The summed E-state index contributed by atoms with van der Waals surface area (Å²) in [4.78, 5) is 20.7. The predicted octanol–water partition coefficient (Wildman–Crippen LogP) is 2.39. The van der Waals surface area contributed by atoms with E-state index in [4.69, 9.17) is 9.47 Å². The van der Waals surface area contributed by atoms with Crippen molar-refractivity contribution in [3.05, 3.63) is 65.7 Å². The van der Waals surface area contributed by atoms with E-state index < -0.39 is 12.2 Å². The van der Waals surface area contributed by atoms with Gasteiger partial charge in [0.1, 0.15) is 5.75 Å². The maximum absolute atomic E-state index is 12.3. The number of methoxy groups -OCH3 is 1. The van der Waals surface area contributed by atoms with Crippen molar-refractivity contribution in [2.45, 2.75) is 18.6 Å². The number of aliphatic hydroxyl groups excluding tert-OH is 1. The first-order chi connectivity index (χ1) is 14.6. The molecule has 2 unspecified atom stereocenters. The summed E-state index contributed by atoms with van der Waals surface area (Å²) in [6.07, 6.45) is -0.474. The molecule has 30 heavy (non-hydrogen) atoms. The van der Waals surface area contributed by atoms with Crippen molar-refractivity contribution < 1.29 is 19.4 Å². The third-order valence-electron chi connectivity index (χ3n) is 5.62. The number of hydrogen-bond acceptors (Lipinski definition) is 6. The van der Waals surface area contributed by atoms with E-state index in [-0.39, 0.29) is 5.91 Å². The fourth-order valence-corrected chi connectivity index (χ4v) is 3.78. The monoisotopic (exact) mass is 409 g/mol. The van der Waals surface area contributed by atoms with Gasteiger partial charge in [0, 0.05) is 38.3 Å². The van der Waals surface area contributed by atoms with Crippen molar-refractivity contribution in [2.24, 2.45) is 4.99 Å². The zero-order chi connectivity index (χ0) is 20.9. The van der Waals surface area contributed by atoms with Crippen molar-refractivity contribution in [2.75, 3.05) is 39.8 Å². The summed E-state index contributed by atoms with van der Waals surface area (Å²) in [7, 11) is 1.63. The van der Waals surface area contributed by atoms with Crippen LogP contribution in [0.3, 0.4) is 0 Å². The molecule has 4 rings (SSSR count). The van der Waals surface area contributed by atoms with E-state index in [0.29, 0.717) is 12.4 Å². The van der Waals surface area contributed by atoms with Gasteiger partial charge in [0.2, 0.25) is 6.10 Å². The van der Waals surface area contributed by atoms with E-state index in [1.165, 1.54) is 0 Å². The summed E-state index contributed by atoms with van der Waals surface area (Å²) in [5.74, 6) is 0.536. The quantitative estimate of drug-likeness (QED) is 0.790. The van der Waals surface area contributed by atoms with Gasteiger partial charge in [0.15, 0.2) is 0 Å². The van der Waals surface area contributed by atoms with E-state index in [0.717, 1.165) is 49.6 Å². The molecule has 0 aliphatic carbocycles. The van der Waals surface area contributed by atoms with Crippen LogP contribution in [0.4, 0.5) is 0 Å². The Balaban J connectivity index is 1.24. The Bertz CT molecular complexity index is 877. The van der Waals surface area contributed by atoms with Crippen molar-refractivity contribution in [3.8, 4) is 5.75 Å². The molecule has 0 bridgehead atoms. The van der Waals surface area contributed by atoms with Crippen LogP contribution < -0.4 is 4.74 Å². The number of piperazine rings is 1. The van der Waals surface area contributed by atoms with Gasteiger partial charge in [0.05, 0.1) is 13.2 Å². The molecule has 2 aliphatic rings. The molecule has 0 radical (unpaired) electrons. The SMILES string of the molecule is COc1ccc(C(O)CCN2CCN(C3=NC(=O)C(c4ccccc4)O3)CC2)cc1. The van der Waals surface area contributed by atoms with Gasteiger partial charge in [-0.1, -0.05) is 42.5 Å². The summed E-state index contributed by atoms with van der Waals surface area (Å²) < 4.78 is 11.0. The van der Waals surface area contributed by atoms with Crippen LogP contribution >= 0.6 is 0 Å². The van der Waals surface area contributed by atoms with Gasteiger partial charge in [-0.2, -0.15) is 4.99 Å². The van der Waals surface area contributed by atoms with Crippen LogP contribution in [0, 0.1) is 0 Å². The lowest BCUT2D eigenvalue weighted by Crippen LogP contribution is -2.49. The van der Waals surface area contributed by atoms with Crippen LogP contribution in [0.2, 0.25) is 0 Å². The maximum Gasteiger partial charge on any atom is 0.296 e. The van der Waals surface area contributed by atoms with Crippen LogP contribution in [0.5, 0.6) is 5.75 Å². The van der Waals surface area contributed by atoms with Gasteiger partial charge >= 0.3 is 0 Å². The average Bonchev–Trinajstić information content (AvgIpc) is 3.20. The zero-order valence-corrected chi connectivity index (χ0v) is 17.1. The third kappa shape index (κ3) is 4.63. The fourth-order valence-electron chi connectivity index (χ4n) is 3.78. The van der Waals surface area contributed by atoms with E-state index >= 15 is 0 Å². The molecule has 7 heteroatoms. The molecule has 2 heterocycles. The number of carbonyl (C=O) groups excluding carboxylic acids is 1. The van der Waals surface area contributed by atoms with E-state index in [1.54, 1.807) is 7.11 Å². The largest absolute Gasteiger partial charge is 0.497 e. The number of aliphatic hydroxyl groups is 1. The summed E-state index contributed by atoms with van der Waals surface area (Å²) in [6, 6.07) is 17.4. The summed E-state index contributed by atoms with van der Waals surface area (Å²) in [6.45, 7) is 3.96. The van der Waals surface area contributed by atoms with Crippen LogP contribution in [-0.2, 0) is 9.53 Å². The summed E-state index contributed by atoms with van der Waals surface area (Å²) in [5.41, 5.74) is 1.72. The first kappa shape index (κ1) is 20.4. The van der Waals surface area contributed by atoms with Gasteiger partial charge < -0.3 is 19.5 Å². The number of benzene rings is 2. The van der Waals surface area contributed by atoms with E-state index in [9.17, 15) is 9.90 Å². The summed E-state index contributed by atoms with van der Waals surface area (Å²) >= 11 is 0. The molecule has 1 fully saturated rings. The first-order valence-corrected chi connectivity index (χ1v) is 10.3. The lowest BCUT2D eigenvalue weighted by atomic mass is 10.1. The second-order valence-electron chi connectivity index (χ2n) is 7.55. The second-order valence-corrected chi connectivity index (χ2v) is 7.55. The summed E-state index contributed by atoms with van der Waals surface area (Å²) in [5, 5.41) is 10.5. The first-order valence-electron chi connectivity index (χ1n) is 10.3. The van der Waals surface area contributed by atoms with Crippen molar-refractivity contribution in [1.29, 1.82) is 0 Å². The normalized spacial score (nSPS) is 20.6. The highest BCUT2D eigenvalue weighted by atomic mass is 16.5. The molecular formula is C23H27N3O4. The molecule has 2 aliphatic heterocycles. The van der Waals surface area contributed by atoms with Crippen molar-refractivity contribution in [1.82, 2.24) is 9.80 Å². The van der Waals surface area contributed by atoms with Gasteiger partial charge in [0.25, 0.3) is 11.9 Å². The van der Waals surface area contributed by atoms with Crippen molar-refractivity contribution >= 4 is 11.9 Å². The molecule has 2 aromatic carbocycles. The Labute approximate surface area is 176 Å². The number of hydrogen-bond donors (Lipinski definition) is 1. The average molecular weight is 409 g/mol. The lowest BCUT2D eigenvalue weighted by molar-refractivity contribution is -0.123. The Morgan fingerprint density at radius 2 is 1.80 bits per heavy atom. The molecule has 7 nitrogen and oxygen atoms in total. The van der Waals surface area contributed by atoms with Gasteiger partial charge in [-0.15, -0.1) is 0 Å². The molecule has 1 N–H and O–H groups in total. The number of aliphatic imine (C=N–C) groups is 1. The molecule has 2 atom stereocenters.